The molecule has 0 heterocycles. The number of aliphatic hydroxyl groups excluding tert-OH is 1. The zero-order valence-electron chi connectivity index (χ0n) is 11.2. The number of halogens is 2. The monoisotopic (exact) mass is 399 g/mol. The quantitative estimate of drug-likeness (QED) is 0.760. The molecule has 0 saturated carbocycles. The van der Waals surface area contributed by atoms with Crippen molar-refractivity contribution in [2.45, 2.75) is 12.5 Å². The first-order valence-electron chi connectivity index (χ1n) is 6.51. The number of benzene rings is 2. The van der Waals surface area contributed by atoms with Gasteiger partial charge in [0, 0.05) is 3.57 Å². The fourth-order valence-corrected chi connectivity index (χ4v) is 2.72. The van der Waals surface area contributed by atoms with Crippen LogP contribution in [0.15, 0.2) is 48.5 Å². The van der Waals surface area contributed by atoms with Crippen LogP contribution in [0.2, 0.25) is 0 Å². The molecule has 2 N–H and O–H groups in total. The Morgan fingerprint density at radius 1 is 1.24 bits per heavy atom. The zero-order chi connectivity index (χ0) is 15.2. The van der Waals surface area contributed by atoms with E-state index in [1.165, 1.54) is 18.2 Å². The maximum absolute atomic E-state index is 13.1. The minimum atomic E-state index is -0.376. The van der Waals surface area contributed by atoms with E-state index in [1.807, 2.05) is 52.9 Å². The van der Waals surface area contributed by atoms with E-state index < -0.39 is 0 Å². The molecular weight excluding hydrogens is 384 g/mol. The Morgan fingerprint density at radius 2 is 1.95 bits per heavy atom. The van der Waals surface area contributed by atoms with E-state index in [2.05, 4.69) is 5.32 Å². The summed E-state index contributed by atoms with van der Waals surface area (Å²) in [4.78, 5) is 12.2. The molecule has 0 aromatic heterocycles. The molecule has 21 heavy (non-hydrogen) atoms. The molecular formula is C16H15FINO2. The Kier molecular flexibility index (Phi) is 5.69. The van der Waals surface area contributed by atoms with Crippen LogP contribution in [0.25, 0.3) is 0 Å². The lowest BCUT2D eigenvalue weighted by molar-refractivity contribution is 0.0915. The van der Waals surface area contributed by atoms with Gasteiger partial charge in [-0.2, -0.15) is 0 Å². The third-order valence-electron chi connectivity index (χ3n) is 3.06. The fraction of sp³-hybridized carbons (Fsp3) is 0.188. The molecule has 0 bridgehead atoms. The Balaban J connectivity index is 2.06. The molecule has 110 valence electrons. The van der Waals surface area contributed by atoms with Gasteiger partial charge < -0.3 is 10.4 Å². The van der Waals surface area contributed by atoms with Crippen LogP contribution < -0.4 is 5.32 Å². The molecule has 0 aliphatic carbocycles. The van der Waals surface area contributed by atoms with Crippen molar-refractivity contribution >= 4 is 28.5 Å². The summed E-state index contributed by atoms with van der Waals surface area (Å²) >= 11 is 1.92. The molecule has 0 saturated heterocycles. The zero-order valence-corrected chi connectivity index (χ0v) is 13.4. The van der Waals surface area contributed by atoms with Gasteiger partial charge in [-0.15, -0.1) is 0 Å². The van der Waals surface area contributed by atoms with Crippen molar-refractivity contribution in [1.29, 1.82) is 0 Å². The van der Waals surface area contributed by atoms with E-state index in [0.29, 0.717) is 15.6 Å². The summed E-state index contributed by atoms with van der Waals surface area (Å²) in [6.45, 7) is -0.154. The van der Waals surface area contributed by atoms with Crippen molar-refractivity contribution in [1.82, 2.24) is 5.32 Å². The summed E-state index contributed by atoms with van der Waals surface area (Å²) in [5.41, 5.74) is 1.44. The van der Waals surface area contributed by atoms with Crippen LogP contribution in [0.5, 0.6) is 0 Å². The maximum atomic E-state index is 13.1. The molecule has 5 heteroatoms. The minimum absolute atomic E-state index is 0.154. The number of hydrogen-bond acceptors (Lipinski definition) is 2. The summed E-state index contributed by atoms with van der Waals surface area (Å²) in [5.74, 6) is -0.687. The van der Waals surface area contributed by atoms with Crippen LogP contribution in [-0.4, -0.2) is 23.7 Å². The number of aliphatic hydroxyl groups is 1. The van der Waals surface area contributed by atoms with Gasteiger partial charge in [0.05, 0.1) is 18.2 Å². The largest absolute Gasteiger partial charge is 0.394 e. The van der Waals surface area contributed by atoms with Crippen molar-refractivity contribution in [2.24, 2.45) is 0 Å². The Morgan fingerprint density at radius 3 is 2.57 bits per heavy atom. The normalized spacial score (nSPS) is 12.0. The number of nitrogens with one attached hydrogen (secondary N) is 1. The topological polar surface area (TPSA) is 49.3 Å². The van der Waals surface area contributed by atoms with Crippen LogP contribution in [-0.2, 0) is 6.42 Å². The second kappa shape index (κ2) is 7.51. The molecule has 0 aliphatic heterocycles. The fourth-order valence-electron chi connectivity index (χ4n) is 2.00. The van der Waals surface area contributed by atoms with Crippen LogP contribution >= 0.6 is 22.6 Å². The number of rotatable bonds is 5. The lowest BCUT2D eigenvalue weighted by Gasteiger charge is -2.17. The van der Waals surface area contributed by atoms with Gasteiger partial charge in [0.1, 0.15) is 5.82 Å². The van der Waals surface area contributed by atoms with Gasteiger partial charge in [-0.3, -0.25) is 4.79 Å². The third-order valence-corrected chi connectivity index (χ3v) is 3.95. The highest BCUT2D eigenvalue weighted by Crippen LogP contribution is 2.14. The first-order valence-corrected chi connectivity index (χ1v) is 7.58. The van der Waals surface area contributed by atoms with Crippen molar-refractivity contribution in [2.75, 3.05) is 6.61 Å². The van der Waals surface area contributed by atoms with E-state index in [9.17, 15) is 14.3 Å². The number of carbonyl (C=O) groups excluding carboxylic acids is 1. The van der Waals surface area contributed by atoms with Crippen LogP contribution in [0, 0.1) is 9.39 Å². The van der Waals surface area contributed by atoms with Gasteiger partial charge in [-0.1, -0.05) is 30.3 Å². The van der Waals surface area contributed by atoms with Crippen molar-refractivity contribution in [3.63, 3.8) is 0 Å². The minimum Gasteiger partial charge on any atom is -0.394 e. The van der Waals surface area contributed by atoms with E-state index in [-0.39, 0.29) is 24.4 Å². The number of hydrogen-bond donors (Lipinski definition) is 2. The smallest absolute Gasteiger partial charge is 0.252 e. The lowest BCUT2D eigenvalue weighted by atomic mass is 10.1. The molecule has 1 amide bonds. The van der Waals surface area contributed by atoms with Crippen LogP contribution in [0.1, 0.15) is 15.9 Å². The average molecular weight is 399 g/mol. The summed E-state index contributed by atoms with van der Waals surface area (Å²) in [6.07, 6.45) is 0.543. The molecule has 2 aromatic carbocycles. The number of carbonyl (C=O) groups is 1. The van der Waals surface area contributed by atoms with Gasteiger partial charge in [0.15, 0.2) is 0 Å². The standard InChI is InChI=1S/C16H15FINO2/c17-12-6-7-14(15(18)9-12)16(21)19-13(10-20)8-11-4-2-1-3-5-11/h1-7,9,13,20H,8,10H2,(H,19,21)/t13-/m0/s1. The van der Waals surface area contributed by atoms with E-state index in [4.69, 9.17) is 0 Å². The van der Waals surface area contributed by atoms with E-state index in [0.717, 1.165) is 5.56 Å². The van der Waals surface area contributed by atoms with E-state index in [1.54, 1.807) is 0 Å². The highest BCUT2D eigenvalue weighted by molar-refractivity contribution is 14.1. The predicted octanol–water partition coefficient (Wildman–Crippen LogP) is 2.76. The summed E-state index contributed by atoms with van der Waals surface area (Å²) in [7, 11) is 0. The molecule has 0 aliphatic rings. The second-order valence-electron chi connectivity index (χ2n) is 4.67. The average Bonchev–Trinajstić information content (AvgIpc) is 2.47. The SMILES string of the molecule is O=C(N[C@H](CO)Cc1ccccc1)c1ccc(F)cc1I. The summed E-state index contributed by atoms with van der Waals surface area (Å²) in [6, 6.07) is 13.2. The number of amides is 1. The van der Waals surface area contributed by atoms with Gasteiger partial charge in [0.25, 0.3) is 5.91 Å². The first kappa shape index (κ1) is 15.9. The van der Waals surface area contributed by atoms with Crippen LogP contribution in [0.4, 0.5) is 4.39 Å². The Labute approximate surface area is 136 Å². The molecule has 2 aromatic rings. The summed E-state index contributed by atoms with van der Waals surface area (Å²) < 4.78 is 13.6. The van der Waals surface area contributed by atoms with Crippen molar-refractivity contribution in [3.05, 3.63) is 69.0 Å². The summed E-state index contributed by atoms with van der Waals surface area (Å²) in [5, 5.41) is 12.2. The molecule has 1 atom stereocenters. The molecule has 2 rings (SSSR count). The molecule has 0 radical (unpaired) electrons. The molecule has 3 nitrogen and oxygen atoms in total. The van der Waals surface area contributed by atoms with E-state index >= 15 is 0 Å². The molecule has 0 fully saturated rings. The Bertz CT molecular complexity index is 619. The van der Waals surface area contributed by atoms with Crippen molar-refractivity contribution in [3.8, 4) is 0 Å². The molecule has 0 unspecified atom stereocenters. The predicted molar refractivity (Wildman–Crippen MR) is 87.6 cm³/mol. The van der Waals surface area contributed by atoms with Crippen molar-refractivity contribution < 1.29 is 14.3 Å². The second-order valence-corrected chi connectivity index (χ2v) is 5.83. The highest BCUT2D eigenvalue weighted by atomic mass is 127. The van der Waals surface area contributed by atoms with Gasteiger partial charge in [0.2, 0.25) is 0 Å². The molecule has 0 spiro atoms. The Hall–Kier alpha value is -1.47. The van der Waals surface area contributed by atoms with Crippen LogP contribution in [0.3, 0.4) is 0 Å². The van der Waals surface area contributed by atoms with Gasteiger partial charge >= 0.3 is 0 Å². The van der Waals surface area contributed by atoms with Gasteiger partial charge in [-0.05, 0) is 52.8 Å². The first-order chi connectivity index (χ1) is 10.1. The lowest BCUT2D eigenvalue weighted by Crippen LogP contribution is -2.39. The maximum Gasteiger partial charge on any atom is 0.252 e. The highest BCUT2D eigenvalue weighted by Gasteiger charge is 2.16. The van der Waals surface area contributed by atoms with Gasteiger partial charge in [-0.25, -0.2) is 4.39 Å². The third kappa shape index (κ3) is 4.50.